The normalized spacial score (nSPS) is 17.7. The SMILES string of the molecule is Cc1cc2c(cc1NC(=O)OC(C)(C)C)N(C)C(=O)C2C. The number of carbonyl (C=O) groups is 2. The molecule has 0 saturated carbocycles. The van der Waals surface area contributed by atoms with E-state index in [0.29, 0.717) is 5.69 Å². The van der Waals surface area contributed by atoms with Crippen molar-refractivity contribution in [1.82, 2.24) is 0 Å². The molecule has 0 aliphatic carbocycles. The second-order valence-corrected chi connectivity index (χ2v) is 6.47. The zero-order chi connectivity index (χ0) is 15.9. The lowest BCUT2D eigenvalue weighted by Gasteiger charge is -2.21. The molecule has 1 aliphatic heterocycles. The molecular formula is C16H22N2O3. The van der Waals surface area contributed by atoms with Crippen molar-refractivity contribution in [2.24, 2.45) is 0 Å². The number of aryl methyl sites for hydroxylation is 1. The zero-order valence-corrected chi connectivity index (χ0v) is 13.4. The van der Waals surface area contributed by atoms with E-state index in [1.165, 1.54) is 0 Å². The molecule has 0 aromatic heterocycles. The maximum Gasteiger partial charge on any atom is 0.412 e. The van der Waals surface area contributed by atoms with E-state index >= 15 is 0 Å². The Kier molecular flexibility index (Phi) is 3.70. The highest BCUT2D eigenvalue weighted by molar-refractivity contribution is 6.05. The average Bonchev–Trinajstić information content (AvgIpc) is 2.53. The van der Waals surface area contributed by atoms with Crippen LogP contribution in [0, 0.1) is 6.92 Å². The predicted octanol–water partition coefficient (Wildman–Crippen LogP) is 3.42. The summed E-state index contributed by atoms with van der Waals surface area (Å²) in [5.74, 6) is -0.0712. The van der Waals surface area contributed by atoms with Crippen molar-refractivity contribution in [1.29, 1.82) is 0 Å². The molecular weight excluding hydrogens is 268 g/mol. The average molecular weight is 290 g/mol. The molecule has 114 valence electrons. The highest BCUT2D eigenvalue weighted by Crippen LogP contribution is 2.39. The first-order valence-corrected chi connectivity index (χ1v) is 7.02. The number of nitrogens with one attached hydrogen (secondary N) is 1. The van der Waals surface area contributed by atoms with Gasteiger partial charge in [0, 0.05) is 18.4 Å². The Morgan fingerprint density at radius 1 is 1.33 bits per heavy atom. The number of hydrogen-bond acceptors (Lipinski definition) is 3. The van der Waals surface area contributed by atoms with Crippen LogP contribution in [0.5, 0.6) is 0 Å². The number of amides is 2. The Labute approximate surface area is 125 Å². The molecule has 0 spiro atoms. The number of nitrogens with zero attached hydrogens (tertiary/aromatic N) is 1. The van der Waals surface area contributed by atoms with Gasteiger partial charge in [-0.1, -0.05) is 6.07 Å². The number of carbonyl (C=O) groups excluding carboxylic acids is 2. The van der Waals surface area contributed by atoms with Gasteiger partial charge in [0.15, 0.2) is 0 Å². The van der Waals surface area contributed by atoms with Crippen LogP contribution in [0.2, 0.25) is 0 Å². The first-order chi connectivity index (χ1) is 9.60. The Bertz CT molecular complexity index is 602. The van der Waals surface area contributed by atoms with Gasteiger partial charge in [-0.2, -0.15) is 0 Å². The zero-order valence-electron chi connectivity index (χ0n) is 13.4. The van der Waals surface area contributed by atoms with Gasteiger partial charge in [-0.05, 0) is 51.8 Å². The van der Waals surface area contributed by atoms with Gasteiger partial charge in [-0.25, -0.2) is 4.79 Å². The molecule has 2 amide bonds. The minimum Gasteiger partial charge on any atom is -0.444 e. The molecule has 1 aromatic carbocycles. The summed E-state index contributed by atoms with van der Waals surface area (Å²) in [6.07, 6.45) is -0.495. The number of benzene rings is 1. The lowest BCUT2D eigenvalue weighted by atomic mass is 10.00. The number of rotatable bonds is 1. The van der Waals surface area contributed by atoms with E-state index in [1.54, 1.807) is 11.9 Å². The van der Waals surface area contributed by atoms with E-state index in [9.17, 15) is 9.59 Å². The first-order valence-electron chi connectivity index (χ1n) is 7.02. The Morgan fingerprint density at radius 2 is 1.95 bits per heavy atom. The molecule has 2 rings (SSSR count). The van der Waals surface area contributed by atoms with Gasteiger partial charge in [0.05, 0.1) is 5.92 Å². The maximum absolute atomic E-state index is 12.0. The predicted molar refractivity (Wildman–Crippen MR) is 82.9 cm³/mol. The molecule has 21 heavy (non-hydrogen) atoms. The minimum atomic E-state index is -0.546. The largest absolute Gasteiger partial charge is 0.444 e. The van der Waals surface area contributed by atoms with E-state index in [1.807, 2.05) is 46.8 Å². The second kappa shape index (κ2) is 5.06. The quantitative estimate of drug-likeness (QED) is 0.862. The van der Waals surface area contributed by atoms with E-state index < -0.39 is 11.7 Å². The molecule has 0 radical (unpaired) electrons. The van der Waals surface area contributed by atoms with Gasteiger partial charge < -0.3 is 9.64 Å². The summed E-state index contributed by atoms with van der Waals surface area (Å²) in [7, 11) is 1.75. The third-order valence-corrected chi connectivity index (χ3v) is 3.54. The number of hydrogen-bond donors (Lipinski definition) is 1. The van der Waals surface area contributed by atoms with Crippen molar-refractivity contribution in [3.8, 4) is 0 Å². The molecule has 1 aromatic rings. The lowest BCUT2D eigenvalue weighted by molar-refractivity contribution is -0.118. The Hall–Kier alpha value is -2.04. The van der Waals surface area contributed by atoms with Crippen LogP contribution in [0.25, 0.3) is 0 Å². The minimum absolute atomic E-state index is 0.0684. The van der Waals surface area contributed by atoms with Gasteiger partial charge in [0.1, 0.15) is 5.60 Å². The summed E-state index contributed by atoms with van der Waals surface area (Å²) < 4.78 is 5.25. The van der Waals surface area contributed by atoms with Gasteiger partial charge in [-0.15, -0.1) is 0 Å². The highest BCUT2D eigenvalue weighted by atomic mass is 16.6. The third-order valence-electron chi connectivity index (χ3n) is 3.54. The topological polar surface area (TPSA) is 58.6 Å². The van der Waals surface area contributed by atoms with E-state index in [4.69, 9.17) is 4.74 Å². The fourth-order valence-electron chi connectivity index (χ4n) is 2.45. The Morgan fingerprint density at radius 3 is 2.52 bits per heavy atom. The molecule has 0 saturated heterocycles. The standard InChI is InChI=1S/C16H22N2O3/c1-9-7-11-10(2)14(19)18(6)13(11)8-12(9)17-15(20)21-16(3,4)5/h7-8,10H,1-6H3,(H,17,20). The van der Waals surface area contributed by atoms with Crippen LogP contribution >= 0.6 is 0 Å². The van der Waals surface area contributed by atoms with E-state index in [0.717, 1.165) is 16.8 Å². The van der Waals surface area contributed by atoms with Crippen LogP contribution in [0.15, 0.2) is 12.1 Å². The fourth-order valence-corrected chi connectivity index (χ4v) is 2.45. The van der Waals surface area contributed by atoms with Crippen LogP contribution in [-0.2, 0) is 9.53 Å². The summed E-state index contributed by atoms with van der Waals surface area (Å²) >= 11 is 0. The molecule has 5 heteroatoms. The van der Waals surface area contributed by atoms with Crippen molar-refractivity contribution in [2.45, 2.75) is 46.1 Å². The van der Waals surface area contributed by atoms with Gasteiger partial charge in [0.2, 0.25) is 5.91 Å². The molecule has 1 atom stereocenters. The summed E-state index contributed by atoms with van der Waals surface area (Å²) in [5, 5.41) is 2.75. The third kappa shape index (κ3) is 3.01. The number of fused-ring (bicyclic) bond motifs is 1. The highest BCUT2D eigenvalue weighted by Gasteiger charge is 2.32. The molecule has 0 fully saturated rings. The number of likely N-dealkylation sites (N-methyl/N-ethyl adjacent to an activating group) is 1. The molecule has 0 bridgehead atoms. The first kappa shape index (κ1) is 15.4. The van der Waals surface area contributed by atoms with E-state index in [2.05, 4.69) is 5.32 Å². The van der Waals surface area contributed by atoms with Crippen LogP contribution in [0.4, 0.5) is 16.2 Å². The maximum atomic E-state index is 12.0. The molecule has 1 unspecified atom stereocenters. The molecule has 5 nitrogen and oxygen atoms in total. The van der Waals surface area contributed by atoms with Crippen LogP contribution in [0.1, 0.15) is 44.7 Å². The monoisotopic (exact) mass is 290 g/mol. The summed E-state index contributed by atoms with van der Waals surface area (Å²) in [6, 6.07) is 3.78. The summed E-state index contributed by atoms with van der Waals surface area (Å²) in [4.78, 5) is 25.5. The van der Waals surface area contributed by atoms with Crippen molar-refractivity contribution >= 4 is 23.4 Å². The van der Waals surface area contributed by atoms with Crippen molar-refractivity contribution in [3.05, 3.63) is 23.3 Å². The summed E-state index contributed by atoms with van der Waals surface area (Å²) in [6.45, 7) is 9.25. The lowest BCUT2D eigenvalue weighted by Crippen LogP contribution is -2.27. The van der Waals surface area contributed by atoms with Gasteiger partial charge in [0.25, 0.3) is 0 Å². The number of ether oxygens (including phenoxy) is 1. The van der Waals surface area contributed by atoms with Crippen LogP contribution in [0.3, 0.4) is 0 Å². The second-order valence-electron chi connectivity index (χ2n) is 6.47. The molecule has 1 aliphatic rings. The van der Waals surface area contributed by atoms with Crippen molar-refractivity contribution < 1.29 is 14.3 Å². The number of anilines is 2. The molecule has 1 N–H and O–H groups in total. The van der Waals surface area contributed by atoms with Gasteiger partial charge in [-0.3, -0.25) is 10.1 Å². The van der Waals surface area contributed by atoms with Crippen LogP contribution < -0.4 is 10.2 Å². The van der Waals surface area contributed by atoms with E-state index in [-0.39, 0.29) is 11.8 Å². The fraction of sp³-hybridized carbons (Fsp3) is 0.500. The molecule has 1 heterocycles. The smallest absolute Gasteiger partial charge is 0.412 e. The van der Waals surface area contributed by atoms with Crippen molar-refractivity contribution in [3.63, 3.8) is 0 Å². The Balaban J connectivity index is 2.28. The van der Waals surface area contributed by atoms with Crippen molar-refractivity contribution in [2.75, 3.05) is 17.3 Å². The summed E-state index contributed by atoms with van der Waals surface area (Å²) in [5.41, 5.74) is 2.86. The van der Waals surface area contributed by atoms with Gasteiger partial charge >= 0.3 is 6.09 Å². The van der Waals surface area contributed by atoms with Crippen LogP contribution in [-0.4, -0.2) is 24.6 Å².